The molecule has 0 amide bonds. The second-order valence-electron chi connectivity index (χ2n) is 4.53. The molecule has 1 N–H and O–H groups in total. The molecule has 0 saturated carbocycles. The number of nitro benzene ring substituents is 1. The van der Waals surface area contributed by atoms with E-state index in [9.17, 15) is 10.1 Å². The average Bonchev–Trinajstić information content (AvgIpc) is 2.47. The number of nitrogens with one attached hydrogen (secondary N) is 1. The zero-order valence-electron chi connectivity index (χ0n) is 11.3. The van der Waals surface area contributed by atoms with E-state index < -0.39 is 4.92 Å². The highest BCUT2D eigenvalue weighted by Gasteiger charge is 2.09. The van der Waals surface area contributed by atoms with Crippen LogP contribution in [-0.4, -0.2) is 4.92 Å². The van der Waals surface area contributed by atoms with E-state index in [1.54, 1.807) is 18.2 Å². The van der Waals surface area contributed by atoms with Crippen molar-refractivity contribution < 1.29 is 4.92 Å². The third-order valence-electron chi connectivity index (χ3n) is 3.08. The molecule has 0 aliphatic heterocycles. The molecule has 0 unspecified atom stereocenters. The Kier molecular flexibility index (Phi) is 4.41. The molecular formula is C15H12ClN3O2. The summed E-state index contributed by atoms with van der Waals surface area (Å²) >= 11 is 6.04. The van der Waals surface area contributed by atoms with Crippen molar-refractivity contribution in [3.8, 4) is 6.07 Å². The van der Waals surface area contributed by atoms with Gasteiger partial charge < -0.3 is 5.32 Å². The lowest BCUT2D eigenvalue weighted by Crippen LogP contribution is -2.02. The second-order valence-corrected chi connectivity index (χ2v) is 4.94. The molecule has 0 radical (unpaired) electrons. The minimum Gasteiger partial charge on any atom is -0.381 e. The zero-order valence-corrected chi connectivity index (χ0v) is 12.0. The maximum Gasteiger partial charge on any atom is 0.270 e. The number of nitriles is 1. The fraction of sp³-hybridized carbons (Fsp3) is 0.133. The van der Waals surface area contributed by atoms with Crippen LogP contribution in [0.5, 0.6) is 0 Å². The fourth-order valence-electron chi connectivity index (χ4n) is 1.87. The highest BCUT2D eigenvalue weighted by Crippen LogP contribution is 2.24. The topological polar surface area (TPSA) is 79.0 Å². The second kappa shape index (κ2) is 6.25. The molecule has 0 aromatic heterocycles. The zero-order chi connectivity index (χ0) is 15.4. The molecule has 2 aromatic rings. The average molecular weight is 302 g/mol. The van der Waals surface area contributed by atoms with Gasteiger partial charge in [0, 0.05) is 24.4 Å². The molecule has 0 aliphatic rings. The van der Waals surface area contributed by atoms with E-state index in [0.29, 0.717) is 17.1 Å². The van der Waals surface area contributed by atoms with Gasteiger partial charge in [-0.15, -0.1) is 0 Å². The van der Waals surface area contributed by atoms with Crippen molar-refractivity contribution in [2.24, 2.45) is 0 Å². The molecule has 5 nitrogen and oxygen atoms in total. The van der Waals surface area contributed by atoms with Gasteiger partial charge in [-0.25, -0.2) is 0 Å². The first kappa shape index (κ1) is 14.8. The van der Waals surface area contributed by atoms with Crippen LogP contribution in [0.4, 0.5) is 11.4 Å². The van der Waals surface area contributed by atoms with Crippen LogP contribution in [0.15, 0.2) is 36.4 Å². The summed E-state index contributed by atoms with van der Waals surface area (Å²) in [5.74, 6) is 0. The molecule has 21 heavy (non-hydrogen) atoms. The number of benzene rings is 2. The third kappa shape index (κ3) is 3.50. The predicted molar refractivity (Wildman–Crippen MR) is 81.3 cm³/mol. The summed E-state index contributed by atoms with van der Waals surface area (Å²) in [6.45, 7) is 2.35. The van der Waals surface area contributed by atoms with Crippen molar-refractivity contribution in [2.75, 3.05) is 5.32 Å². The predicted octanol–water partition coefficient (Wildman–Crippen LogP) is 4.04. The van der Waals surface area contributed by atoms with Crippen molar-refractivity contribution >= 4 is 23.0 Å². The molecule has 0 spiro atoms. The van der Waals surface area contributed by atoms with Gasteiger partial charge in [0.15, 0.2) is 0 Å². The Balaban J connectivity index is 2.17. The first-order valence-corrected chi connectivity index (χ1v) is 6.56. The fourth-order valence-corrected chi connectivity index (χ4v) is 2.11. The monoisotopic (exact) mass is 301 g/mol. The third-order valence-corrected chi connectivity index (χ3v) is 3.44. The highest BCUT2D eigenvalue weighted by atomic mass is 35.5. The van der Waals surface area contributed by atoms with Gasteiger partial charge in [0.1, 0.15) is 0 Å². The lowest BCUT2D eigenvalue weighted by molar-refractivity contribution is -0.384. The number of halogens is 1. The van der Waals surface area contributed by atoms with Crippen LogP contribution in [-0.2, 0) is 6.54 Å². The number of non-ortho nitro benzene ring substituents is 1. The van der Waals surface area contributed by atoms with Gasteiger partial charge in [0.25, 0.3) is 5.69 Å². The maximum absolute atomic E-state index is 10.7. The number of aryl methyl sites for hydroxylation is 1. The number of rotatable bonds is 4. The molecule has 0 fully saturated rings. The number of nitrogens with zero attached hydrogens (tertiary/aromatic N) is 2. The standard InChI is InChI=1S/C15H12ClN3O2/c1-10-2-3-11(8-17)6-15(10)18-9-12-4-5-13(19(20)21)7-14(12)16/h2-7,18H,9H2,1H3. The highest BCUT2D eigenvalue weighted by molar-refractivity contribution is 6.31. The number of anilines is 1. The molecular weight excluding hydrogens is 290 g/mol. The molecule has 0 atom stereocenters. The Morgan fingerprint density at radius 3 is 2.71 bits per heavy atom. The maximum atomic E-state index is 10.7. The van der Waals surface area contributed by atoms with Crippen molar-refractivity contribution in [3.63, 3.8) is 0 Å². The van der Waals surface area contributed by atoms with Crippen molar-refractivity contribution in [3.05, 3.63) is 68.2 Å². The normalized spacial score (nSPS) is 9.95. The first-order valence-electron chi connectivity index (χ1n) is 6.18. The van der Waals surface area contributed by atoms with Gasteiger partial charge in [-0.05, 0) is 36.2 Å². The lowest BCUT2D eigenvalue weighted by atomic mass is 10.1. The molecule has 106 valence electrons. The Hall–Kier alpha value is -2.58. The summed E-state index contributed by atoms with van der Waals surface area (Å²) in [5, 5.41) is 23.1. The SMILES string of the molecule is Cc1ccc(C#N)cc1NCc1ccc([N+](=O)[O-])cc1Cl. The van der Waals surface area contributed by atoms with Gasteiger partial charge >= 0.3 is 0 Å². The van der Waals surface area contributed by atoms with E-state index in [4.69, 9.17) is 16.9 Å². The molecule has 0 aliphatic carbocycles. The lowest BCUT2D eigenvalue weighted by Gasteiger charge is -2.11. The summed E-state index contributed by atoms with van der Waals surface area (Å²) < 4.78 is 0. The van der Waals surface area contributed by atoms with E-state index in [1.165, 1.54) is 12.1 Å². The minimum absolute atomic E-state index is 0.0357. The Labute approximate surface area is 126 Å². The molecule has 6 heteroatoms. The van der Waals surface area contributed by atoms with E-state index in [1.807, 2.05) is 13.0 Å². The summed E-state index contributed by atoms with van der Waals surface area (Å²) in [4.78, 5) is 10.2. The van der Waals surface area contributed by atoms with E-state index in [0.717, 1.165) is 16.8 Å². The van der Waals surface area contributed by atoms with Crippen LogP contribution in [0.25, 0.3) is 0 Å². The van der Waals surface area contributed by atoms with Crippen LogP contribution >= 0.6 is 11.6 Å². The summed E-state index contributed by atoms with van der Waals surface area (Å²) in [5.41, 5.74) is 3.13. The van der Waals surface area contributed by atoms with Gasteiger partial charge in [-0.1, -0.05) is 17.7 Å². The number of nitro groups is 1. The Bertz CT molecular complexity index is 738. The van der Waals surface area contributed by atoms with Gasteiger partial charge in [-0.2, -0.15) is 5.26 Å². The molecule has 0 heterocycles. The Morgan fingerprint density at radius 1 is 1.33 bits per heavy atom. The van der Waals surface area contributed by atoms with Crippen LogP contribution < -0.4 is 5.32 Å². The van der Waals surface area contributed by atoms with Gasteiger partial charge in [-0.3, -0.25) is 10.1 Å². The van der Waals surface area contributed by atoms with Crippen molar-refractivity contribution in [1.82, 2.24) is 0 Å². The number of hydrogen-bond acceptors (Lipinski definition) is 4. The van der Waals surface area contributed by atoms with Crippen molar-refractivity contribution in [1.29, 1.82) is 5.26 Å². The van der Waals surface area contributed by atoms with Gasteiger partial charge in [0.2, 0.25) is 0 Å². The van der Waals surface area contributed by atoms with E-state index in [2.05, 4.69) is 11.4 Å². The van der Waals surface area contributed by atoms with Crippen LogP contribution in [0.3, 0.4) is 0 Å². The molecule has 2 aromatic carbocycles. The molecule has 0 bridgehead atoms. The van der Waals surface area contributed by atoms with E-state index in [-0.39, 0.29) is 5.69 Å². The summed E-state index contributed by atoms with van der Waals surface area (Å²) in [6, 6.07) is 11.8. The molecule has 2 rings (SSSR count). The summed E-state index contributed by atoms with van der Waals surface area (Å²) in [6.07, 6.45) is 0. The van der Waals surface area contributed by atoms with Crippen molar-refractivity contribution in [2.45, 2.75) is 13.5 Å². The smallest absolute Gasteiger partial charge is 0.270 e. The largest absolute Gasteiger partial charge is 0.381 e. The van der Waals surface area contributed by atoms with Crippen LogP contribution in [0.2, 0.25) is 5.02 Å². The van der Waals surface area contributed by atoms with Crippen LogP contribution in [0.1, 0.15) is 16.7 Å². The van der Waals surface area contributed by atoms with Crippen LogP contribution in [0, 0.1) is 28.4 Å². The quantitative estimate of drug-likeness (QED) is 0.682. The number of hydrogen-bond donors (Lipinski definition) is 1. The van der Waals surface area contributed by atoms with Gasteiger partial charge in [0.05, 0.1) is 21.6 Å². The molecule has 0 saturated heterocycles. The van der Waals surface area contributed by atoms with E-state index >= 15 is 0 Å². The first-order chi connectivity index (χ1) is 10.0. The minimum atomic E-state index is -0.483. The Morgan fingerprint density at radius 2 is 2.10 bits per heavy atom. The summed E-state index contributed by atoms with van der Waals surface area (Å²) in [7, 11) is 0.